The van der Waals surface area contributed by atoms with Crippen LogP contribution in [0.3, 0.4) is 0 Å². The molecule has 0 spiro atoms. The fourth-order valence-electron chi connectivity index (χ4n) is 1.30. The van der Waals surface area contributed by atoms with E-state index in [9.17, 15) is 9.59 Å². The van der Waals surface area contributed by atoms with E-state index < -0.39 is 0 Å². The molecule has 1 aromatic rings. The van der Waals surface area contributed by atoms with Crippen molar-refractivity contribution < 1.29 is 9.59 Å². The third-order valence-corrected chi connectivity index (χ3v) is 2.62. The van der Waals surface area contributed by atoms with E-state index >= 15 is 0 Å². The van der Waals surface area contributed by atoms with Crippen LogP contribution < -0.4 is 11.1 Å². The van der Waals surface area contributed by atoms with Crippen molar-refractivity contribution >= 4 is 29.1 Å². The molecule has 0 atom stereocenters. The van der Waals surface area contributed by atoms with Gasteiger partial charge in [-0.15, -0.1) is 0 Å². The van der Waals surface area contributed by atoms with Gasteiger partial charge in [0.05, 0.1) is 22.8 Å². The number of rotatable bonds is 3. The van der Waals surface area contributed by atoms with Crippen LogP contribution in [0.5, 0.6) is 0 Å². The summed E-state index contributed by atoms with van der Waals surface area (Å²) in [5, 5.41) is 2.76. The van der Waals surface area contributed by atoms with E-state index in [0.717, 1.165) is 0 Å². The largest absolute Gasteiger partial charge is 0.397 e. The minimum absolute atomic E-state index is 0.0265. The van der Waals surface area contributed by atoms with E-state index in [1.807, 2.05) is 0 Å². The average molecular weight is 256 g/mol. The highest BCUT2D eigenvalue weighted by molar-refractivity contribution is 6.33. The molecule has 5 nitrogen and oxygen atoms in total. The molecule has 92 valence electrons. The molecule has 0 radical (unpaired) electrons. The molecule has 3 N–H and O–H groups in total. The fraction of sp³-hybridized carbons (Fsp3) is 0.273. The first-order chi connectivity index (χ1) is 7.97. The molecule has 2 amide bonds. The summed E-state index contributed by atoms with van der Waals surface area (Å²) < 4.78 is 0. The second-order valence-electron chi connectivity index (χ2n) is 3.54. The minimum Gasteiger partial charge on any atom is -0.397 e. The van der Waals surface area contributed by atoms with Gasteiger partial charge in [0.25, 0.3) is 5.91 Å². The Morgan fingerprint density at radius 1 is 1.47 bits per heavy atom. The Kier molecular flexibility index (Phi) is 4.34. The third kappa shape index (κ3) is 3.10. The number of para-hydroxylation sites is 1. The van der Waals surface area contributed by atoms with Crippen molar-refractivity contribution in [3.8, 4) is 0 Å². The van der Waals surface area contributed by atoms with Gasteiger partial charge >= 0.3 is 0 Å². The predicted octanol–water partition coefficient (Wildman–Crippen LogP) is 0.740. The van der Waals surface area contributed by atoms with Crippen LogP contribution >= 0.6 is 11.6 Å². The number of nitrogens with two attached hydrogens (primary N) is 1. The molecule has 0 aromatic heterocycles. The number of halogens is 1. The lowest BCUT2D eigenvalue weighted by molar-refractivity contribution is -0.121. The van der Waals surface area contributed by atoms with Gasteiger partial charge in [-0.25, -0.2) is 0 Å². The summed E-state index contributed by atoms with van der Waals surface area (Å²) in [5.41, 5.74) is 6.22. The molecular formula is C11H14ClN3O2. The molecule has 0 fully saturated rings. The normalized spacial score (nSPS) is 9.82. The average Bonchev–Trinajstić information content (AvgIpc) is 2.31. The van der Waals surface area contributed by atoms with E-state index in [1.54, 1.807) is 18.2 Å². The summed E-state index contributed by atoms with van der Waals surface area (Å²) in [7, 11) is 3.03. The highest BCUT2D eigenvalue weighted by atomic mass is 35.5. The second-order valence-corrected chi connectivity index (χ2v) is 3.94. The lowest BCUT2D eigenvalue weighted by Crippen LogP contribution is -2.37. The number of hydrogen-bond donors (Lipinski definition) is 2. The first-order valence-electron chi connectivity index (χ1n) is 4.97. The number of nitrogens with zero attached hydrogens (tertiary/aromatic N) is 1. The summed E-state index contributed by atoms with van der Waals surface area (Å²) in [4.78, 5) is 24.4. The van der Waals surface area contributed by atoms with Gasteiger partial charge in [0, 0.05) is 14.1 Å². The van der Waals surface area contributed by atoms with Crippen LogP contribution in [0.4, 0.5) is 5.69 Å². The number of amides is 2. The van der Waals surface area contributed by atoms with Crippen molar-refractivity contribution in [3.05, 3.63) is 28.8 Å². The number of nitrogens with one attached hydrogen (secondary N) is 1. The summed E-state index contributed by atoms with van der Waals surface area (Å²) in [6, 6.07) is 4.82. The quantitative estimate of drug-likeness (QED) is 0.783. The SMILES string of the molecule is CNC(=O)CN(C)C(=O)c1cccc(Cl)c1N. The number of anilines is 1. The Morgan fingerprint density at radius 2 is 2.12 bits per heavy atom. The maximum absolute atomic E-state index is 12.0. The maximum atomic E-state index is 12.0. The molecule has 0 aliphatic rings. The molecular weight excluding hydrogens is 242 g/mol. The van der Waals surface area contributed by atoms with Crippen LogP contribution in [0.1, 0.15) is 10.4 Å². The summed E-state index contributed by atoms with van der Waals surface area (Å²) >= 11 is 5.82. The van der Waals surface area contributed by atoms with E-state index in [2.05, 4.69) is 5.32 Å². The van der Waals surface area contributed by atoms with Crippen LogP contribution in [0.25, 0.3) is 0 Å². The second kappa shape index (κ2) is 5.54. The Labute approximate surface area is 105 Å². The number of benzene rings is 1. The van der Waals surface area contributed by atoms with Crippen LogP contribution in [-0.4, -0.2) is 37.4 Å². The van der Waals surface area contributed by atoms with Crippen molar-refractivity contribution in [1.29, 1.82) is 0 Å². The molecule has 17 heavy (non-hydrogen) atoms. The molecule has 0 saturated heterocycles. The van der Waals surface area contributed by atoms with Crippen molar-refractivity contribution in [2.75, 3.05) is 26.4 Å². The van der Waals surface area contributed by atoms with E-state index in [4.69, 9.17) is 17.3 Å². The van der Waals surface area contributed by atoms with E-state index in [0.29, 0.717) is 10.6 Å². The lowest BCUT2D eigenvalue weighted by atomic mass is 10.1. The molecule has 0 saturated carbocycles. The number of likely N-dealkylation sites (N-methyl/N-ethyl adjacent to an activating group) is 2. The number of hydrogen-bond acceptors (Lipinski definition) is 3. The zero-order valence-electron chi connectivity index (χ0n) is 9.66. The first-order valence-corrected chi connectivity index (χ1v) is 5.35. The Morgan fingerprint density at radius 3 is 2.71 bits per heavy atom. The first kappa shape index (κ1) is 13.3. The van der Waals surface area contributed by atoms with Crippen LogP contribution in [0.2, 0.25) is 5.02 Å². The van der Waals surface area contributed by atoms with Crippen molar-refractivity contribution in [2.24, 2.45) is 0 Å². The zero-order chi connectivity index (χ0) is 13.0. The molecule has 1 aromatic carbocycles. The van der Waals surface area contributed by atoms with Gasteiger partial charge in [-0.3, -0.25) is 9.59 Å². The Bertz CT molecular complexity index is 448. The summed E-state index contributed by atoms with van der Waals surface area (Å²) in [6.07, 6.45) is 0. The monoisotopic (exact) mass is 255 g/mol. The van der Waals surface area contributed by atoms with E-state index in [-0.39, 0.29) is 24.0 Å². The van der Waals surface area contributed by atoms with Crippen LogP contribution in [-0.2, 0) is 4.79 Å². The van der Waals surface area contributed by atoms with Gasteiger partial charge in [0.2, 0.25) is 5.91 Å². The topological polar surface area (TPSA) is 75.4 Å². The number of carbonyl (C=O) groups excluding carboxylic acids is 2. The van der Waals surface area contributed by atoms with Crippen LogP contribution in [0.15, 0.2) is 18.2 Å². The van der Waals surface area contributed by atoms with Gasteiger partial charge in [-0.2, -0.15) is 0 Å². The zero-order valence-corrected chi connectivity index (χ0v) is 10.4. The number of carbonyl (C=O) groups is 2. The highest BCUT2D eigenvalue weighted by Crippen LogP contribution is 2.23. The van der Waals surface area contributed by atoms with Gasteiger partial charge in [-0.1, -0.05) is 17.7 Å². The molecule has 0 bridgehead atoms. The molecule has 1 rings (SSSR count). The Hall–Kier alpha value is -1.75. The fourth-order valence-corrected chi connectivity index (χ4v) is 1.47. The summed E-state index contributed by atoms with van der Waals surface area (Å²) in [6.45, 7) is -0.0265. The van der Waals surface area contributed by atoms with Gasteiger partial charge in [0.1, 0.15) is 0 Å². The van der Waals surface area contributed by atoms with E-state index in [1.165, 1.54) is 19.0 Å². The molecule has 0 aliphatic carbocycles. The van der Waals surface area contributed by atoms with Gasteiger partial charge < -0.3 is 16.0 Å². The lowest BCUT2D eigenvalue weighted by Gasteiger charge is -2.17. The predicted molar refractivity (Wildman–Crippen MR) is 66.9 cm³/mol. The molecule has 6 heteroatoms. The van der Waals surface area contributed by atoms with Gasteiger partial charge in [0.15, 0.2) is 0 Å². The maximum Gasteiger partial charge on any atom is 0.256 e. The number of nitrogen functional groups attached to an aromatic ring is 1. The van der Waals surface area contributed by atoms with Crippen molar-refractivity contribution in [3.63, 3.8) is 0 Å². The third-order valence-electron chi connectivity index (χ3n) is 2.29. The Balaban J connectivity index is 2.89. The van der Waals surface area contributed by atoms with Crippen LogP contribution in [0, 0.1) is 0 Å². The summed E-state index contributed by atoms with van der Waals surface area (Å²) in [5.74, 6) is -0.588. The van der Waals surface area contributed by atoms with Gasteiger partial charge in [-0.05, 0) is 12.1 Å². The molecule has 0 unspecified atom stereocenters. The molecule has 0 aliphatic heterocycles. The smallest absolute Gasteiger partial charge is 0.256 e. The highest BCUT2D eigenvalue weighted by Gasteiger charge is 2.17. The van der Waals surface area contributed by atoms with Crippen molar-refractivity contribution in [1.82, 2.24) is 10.2 Å². The minimum atomic E-state index is -0.339. The molecule has 0 heterocycles. The van der Waals surface area contributed by atoms with Crippen molar-refractivity contribution in [2.45, 2.75) is 0 Å². The standard InChI is InChI=1S/C11H14ClN3O2/c1-14-9(16)6-15(2)11(17)7-4-3-5-8(12)10(7)13/h3-5H,6,13H2,1-2H3,(H,14,16).